The van der Waals surface area contributed by atoms with Gasteiger partial charge in [0.25, 0.3) is 5.91 Å². The summed E-state index contributed by atoms with van der Waals surface area (Å²) in [5, 5.41) is 4.30. The maximum Gasteiger partial charge on any atom is 0.274 e. The summed E-state index contributed by atoms with van der Waals surface area (Å²) in [6.45, 7) is 3.93. The quantitative estimate of drug-likeness (QED) is 0.816. The number of halogens is 1. The fourth-order valence-corrected chi connectivity index (χ4v) is 5.11. The highest BCUT2D eigenvalue weighted by atomic mass is 32.2. The van der Waals surface area contributed by atoms with Crippen LogP contribution in [0.1, 0.15) is 29.4 Å². The molecule has 1 saturated heterocycles. The Hall–Kier alpha value is -2.22. The molecule has 1 amide bonds. The molecule has 1 aliphatic heterocycles. The molecule has 140 valence electrons. The zero-order valence-corrected chi connectivity index (χ0v) is 15.9. The Balaban J connectivity index is 1.89. The van der Waals surface area contributed by atoms with Crippen molar-refractivity contribution < 1.29 is 17.6 Å². The smallest absolute Gasteiger partial charge is 0.274 e. The van der Waals surface area contributed by atoms with E-state index in [4.69, 9.17) is 0 Å². The number of benzene rings is 1. The van der Waals surface area contributed by atoms with Crippen LogP contribution in [-0.2, 0) is 16.9 Å². The molecule has 0 spiro atoms. The van der Waals surface area contributed by atoms with Crippen LogP contribution in [-0.4, -0.2) is 53.1 Å². The second kappa shape index (κ2) is 6.83. The molecule has 6 nitrogen and oxygen atoms in total. The number of amides is 1. The Morgan fingerprint density at radius 2 is 2.12 bits per heavy atom. The molecule has 2 aromatic rings. The summed E-state index contributed by atoms with van der Waals surface area (Å²) in [5.74, 6) is -0.449. The molecule has 0 N–H and O–H groups in total. The second-order valence-electron chi connectivity index (χ2n) is 6.65. The van der Waals surface area contributed by atoms with Crippen LogP contribution in [0.15, 0.2) is 24.3 Å². The van der Waals surface area contributed by atoms with E-state index in [2.05, 4.69) is 5.10 Å². The summed E-state index contributed by atoms with van der Waals surface area (Å²) < 4.78 is 38.6. The number of aromatic nitrogens is 2. The maximum absolute atomic E-state index is 13.5. The molecule has 1 aromatic heterocycles. The van der Waals surface area contributed by atoms with Crippen LogP contribution in [0.25, 0.3) is 11.3 Å². The van der Waals surface area contributed by atoms with E-state index in [1.807, 2.05) is 6.92 Å². The van der Waals surface area contributed by atoms with Crippen LogP contribution < -0.4 is 0 Å². The first-order chi connectivity index (χ1) is 12.2. The fraction of sp³-hybridized carbons (Fsp3) is 0.444. The normalized spacial score (nSPS) is 18.8. The predicted octanol–water partition coefficient (Wildman–Crippen LogP) is 2.18. The Labute approximate surface area is 152 Å². The van der Waals surface area contributed by atoms with E-state index >= 15 is 0 Å². The predicted molar refractivity (Wildman–Crippen MR) is 97.1 cm³/mol. The van der Waals surface area contributed by atoms with Crippen molar-refractivity contribution in [2.75, 3.05) is 18.1 Å². The highest BCUT2D eigenvalue weighted by Gasteiger charge is 2.35. The monoisotopic (exact) mass is 379 g/mol. The number of nitrogens with zero attached hydrogens (tertiary/aromatic N) is 3. The third kappa shape index (κ3) is 3.51. The molecular weight excluding hydrogens is 357 g/mol. The summed E-state index contributed by atoms with van der Waals surface area (Å²) >= 11 is 0. The minimum absolute atomic E-state index is 0.00340. The van der Waals surface area contributed by atoms with Crippen LogP contribution >= 0.6 is 0 Å². The molecule has 2 heterocycles. The average Bonchev–Trinajstić information content (AvgIpc) is 3.13. The first-order valence-electron chi connectivity index (χ1n) is 8.54. The van der Waals surface area contributed by atoms with Crippen LogP contribution in [0, 0.1) is 12.7 Å². The number of rotatable bonds is 4. The van der Waals surface area contributed by atoms with Crippen molar-refractivity contribution in [3.63, 3.8) is 0 Å². The van der Waals surface area contributed by atoms with Crippen molar-refractivity contribution in [3.8, 4) is 11.3 Å². The standard InChI is InChI=1S/C18H22FN3O3S/c1-4-22(14-7-8-26(24,25)11-14)18(23)16-10-17(21(3)20-16)13-5-6-15(19)12(2)9-13/h5-6,9-10,14H,4,7-8,11H2,1-3H3. The number of carbonyl (C=O) groups is 1. The Morgan fingerprint density at radius 3 is 2.69 bits per heavy atom. The van der Waals surface area contributed by atoms with Gasteiger partial charge in [0.2, 0.25) is 0 Å². The van der Waals surface area contributed by atoms with Gasteiger partial charge in [-0.15, -0.1) is 0 Å². The molecule has 1 fully saturated rings. The highest BCUT2D eigenvalue weighted by Crippen LogP contribution is 2.24. The van der Waals surface area contributed by atoms with Crippen LogP contribution in [0.4, 0.5) is 4.39 Å². The van der Waals surface area contributed by atoms with Gasteiger partial charge >= 0.3 is 0 Å². The lowest BCUT2D eigenvalue weighted by Gasteiger charge is -2.25. The van der Waals surface area contributed by atoms with Crippen molar-refractivity contribution >= 4 is 15.7 Å². The minimum atomic E-state index is -3.08. The van der Waals surface area contributed by atoms with Gasteiger partial charge in [-0.2, -0.15) is 5.10 Å². The first kappa shape index (κ1) is 18.6. The third-order valence-corrected chi connectivity index (χ3v) is 6.55. The van der Waals surface area contributed by atoms with E-state index in [-0.39, 0.29) is 35.0 Å². The van der Waals surface area contributed by atoms with Crippen LogP contribution in [0.5, 0.6) is 0 Å². The topological polar surface area (TPSA) is 72.3 Å². The second-order valence-corrected chi connectivity index (χ2v) is 8.88. The van der Waals surface area contributed by atoms with Gasteiger partial charge in [0, 0.05) is 25.2 Å². The molecule has 3 rings (SSSR count). The molecule has 1 unspecified atom stereocenters. The number of sulfone groups is 1. The molecule has 8 heteroatoms. The van der Waals surface area contributed by atoms with Gasteiger partial charge in [-0.3, -0.25) is 9.48 Å². The van der Waals surface area contributed by atoms with Gasteiger partial charge in [0.05, 0.1) is 17.2 Å². The van der Waals surface area contributed by atoms with Gasteiger partial charge < -0.3 is 4.90 Å². The molecule has 0 bridgehead atoms. The van der Waals surface area contributed by atoms with E-state index in [1.165, 1.54) is 6.07 Å². The highest BCUT2D eigenvalue weighted by molar-refractivity contribution is 7.91. The van der Waals surface area contributed by atoms with Gasteiger partial charge in [0.15, 0.2) is 15.5 Å². The molecule has 0 aliphatic carbocycles. The molecule has 26 heavy (non-hydrogen) atoms. The summed E-state index contributed by atoms with van der Waals surface area (Å²) in [7, 11) is -1.35. The Bertz CT molecular complexity index is 953. The molecule has 1 atom stereocenters. The molecule has 1 aliphatic rings. The van der Waals surface area contributed by atoms with E-state index in [0.29, 0.717) is 24.2 Å². The first-order valence-corrected chi connectivity index (χ1v) is 10.4. The Morgan fingerprint density at radius 1 is 1.38 bits per heavy atom. The molecular formula is C18H22FN3O3S. The van der Waals surface area contributed by atoms with E-state index in [0.717, 1.165) is 5.56 Å². The number of aryl methyl sites for hydroxylation is 2. The summed E-state index contributed by atoms with van der Waals surface area (Å²) in [4.78, 5) is 14.5. The zero-order valence-electron chi connectivity index (χ0n) is 15.1. The lowest BCUT2D eigenvalue weighted by Crippen LogP contribution is -2.41. The van der Waals surface area contributed by atoms with Gasteiger partial charge in [-0.05, 0) is 50.1 Å². The summed E-state index contributed by atoms with van der Waals surface area (Å²) in [5.41, 5.74) is 2.24. The number of carbonyl (C=O) groups excluding carboxylic acids is 1. The van der Waals surface area contributed by atoms with E-state index in [1.54, 1.807) is 41.8 Å². The van der Waals surface area contributed by atoms with Crippen molar-refractivity contribution in [2.24, 2.45) is 7.05 Å². The largest absolute Gasteiger partial charge is 0.333 e. The van der Waals surface area contributed by atoms with E-state index in [9.17, 15) is 17.6 Å². The zero-order chi connectivity index (χ0) is 19.1. The lowest BCUT2D eigenvalue weighted by molar-refractivity contribution is 0.0701. The van der Waals surface area contributed by atoms with Crippen molar-refractivity contribution in [3.05, 3.63) is 41.3 Å². The average molecular weight is 379 g/mol. The number of hydrogen-bond acceptors (Lipinski definition) is 4. The molecule has 0 saturated carbocycles. The van der Waals surface area contributed by atoms with Crippen LogP contribution in [0.2, 0.25) is 0 Å². The maximum atomic E-state index is 13.5. The summed E-state index contributed by atoms with van der Waals surface area (Å²) in [6, 6.07) is 6.11. The van der Waals surface area contributed by atoms with E-state index < -0.39 is 9.84 Å². The van der Waals surface area contributed by atoms with Gasteiger partial charge in [0.1, 0.15) is 5.82 Å². The summed E-state index contributed by atoms with van der Waals surface area (Å²) in [6.07, 6.45) is 0.457. The Kier molecular flexibility index (Phi) is 4.88. The third-order valence-electron chi connectivity index (χ3n) is 4.80. The van der Waals surface area contributed by atoms with Crippen molar-refractivity contribution in [1.29, 1.82) is 0 Å². The molecule has 0 radical (unpaired) electrons. The van der Waals surface area contributed by atoms with Crippen molar-refractivity contribution in [1.82, 2.24) is 14.7 Å². The fourth-order valence-electron chi connectivity index (χ4n) is 3.38. The van der Waals surface area contributed by atoms with Crippen molar-refractivity contribution in [2.45, 2.75) is 26.3 Å². The number of hydrogen-bond donors (Lipinski definition) is 0. The van der Waals surface area contributed by atoms with Gasteiger partial charge in [-0.25, -0.2) is 12.8 Å². The lowest BCUT2D eigenvalue weighted by atomic mass is 10.1. The van der Waals surface area contributed by atoms with Gasteiger partial charge in [-0.1, -0.05) is 0 Å². The van der Waals surface area contributed by atoms with Crippen LogP contribution in [0.3, 0.4) is 0 Å². The minimum Gasteiger partial charge on any atom is -0.333 e. The molecule has 1 aromatic carbocycles. The SMILES string of the molecule is CCN(C(=O)c1cc(-c2ccc(F)c(C)c2)n(C)n1)C1CCS(=O)(=O)C1.